The summed E-state index contributed by atoms with van der Waals surface area (Å²) in [6.45, 7) is 1.39. The molecule has 144 valence electrons. The number of para-hydroxylation sites is 1. The predicted molar refractivity (Wildman–Crippen MR) is 101 cm³/mol. The molecule has 1 N–H and O–H groups in total. The van der Waals surface area contributed by atoms with E-state index in [1.165, 1.54) is 24.1 Å². The third-order valence-electron chi connectivity index (χ3n) is 4.77. The molecule has 0 unspecified atom stereocenters. The van der Waals surface area contributed by atoms with Gasteiger partial charge in [0.05, 0.1) is 11.4 Å². The summed E-state index contributed by atoms with van der Waals surface area (Å²) in [4.78, 5) is 25.8. The van der Waals surface area contributed by atoms with E-state index in [0.29, 0.717) is 5.69 Å². The molecule has 1 fully saturated rings. The maximum Gasteiger partial charge on any atom is 0.361 e. The maximum absolute atomic E-state index is 12.3. The second-order valence-corrected chi connectivity index (χ2v) is 6.94. The quantitative estimate of drug-likeness (QED) is 0.818. The van der Waals surface area contributed by atoms with Crippen LogP contribution in [0.3, 0.4) is 0 Å². The summed E-state index contributed by atoms with van der Waals surface area (Å²) in [5.74, 6) is -0.899. The van der Waals surface area contributed by atoms with Crippen LogP contribution in [0.1, 0.15) is 61.1 Å². The predicted octanol–water partition coefficient (Wildman–Crippen LogP) is 2.96. The normalized spacial score (nSPS) is 15.6. The highest BCUT2D eigenvalue weighted by Crippen LogP contribution is 2.17. The molecule has 0 atom stereocenters. The standard InChI is InChI=1S/C20H26N4O3/c1-15-19(23-24(22-15)17-12-8-5-9-13-17)20(26)27-14-18(25)21-16-10-6-3-2-4-7-11-16/h5,8-9,12-13,16H,2-4,6-7,10-11,14H2,1H3,(H,21,25). The van der Waals surface area contributed by atoms with Crippen molar-refractivity contribution in [1.29, 1.82) is 0 Å². The van der Waals surface area contributed by atoms with Crippen molar-refractivity contribution in [2.24, 2.45) is 0 Å². The fourth-order valence-electron chi connectivity index (χ4n) is 3.31. The highest BCUT2D eigenvalue weighted by atomic mass is 16.5. The van der Waals surface area contributed by atoms with Gasteiger partial charge in [-0.05, 0) is 31.9 Å². The van der Waals surface area contributed by atoms with Crippen molar-refractivity contribution in [3.8, 4) is 5.69 Å². The van der Waals surface area contributed by atoms with Gasteiger partial charge in [0.2, 0.25) is 0 Å². The van der Waals surface area contributed by atoms with Crippen molar-refractivity contribution in [1.82, 2.24) is 20.3 Å². The van der Waals surface area contributed by atoms with Crippen LogP contribution in [0.5, 0.6) is 0 Å². The Balaban J connectivity index is 1.53. The number of rotatable bonds is 5. The first-order valence-corrected chi connectivity index (χ1v) is 9.59. The first-order chi connectivity index (χ1) is 13.1. The molecule has 7 nitrogen and oxygen atoms in total. The average molecular weight is 370 g/mol. The number of aryl methyl sites for hydroxylation is 1. The molecule has 2 aromatic rings. The van der Waals surface area contributed by atoms with Crippen molar-refractivity contribution < 1.29 is 14.3 Å². The summed E-state index contributed by atoms with van der Waals surface area (Å²) in [5.41, 5.74) is 1.34. The van der Waals surface area contributed by atoms with Crippen LogP contribution in [-0.4, -0.2) is 39.5 Å². The van der Waals surface area contributed by atoms with Crippen LogP contribution in [0.15, 0.2) is 30.3 Å². The number of aromatic nitrogens is 3. The number of hydrogen-bond donors (Lipinski definition) is 1. The van der Waals surface area contributed by atoms with Crippen molar-refractivity contribution >= 4 is 11.9 Å². The smallest absolute Gasteiger partial charge is 0.361 e. The topological polar surface area (TPSA) is 86.1 Å². The summed E-state index contributed by atoms with van der Waals surface area (Å²) in [6, 6.07) is 9.49. The molecule has 3 rings (SSSR count). The molecule has 27 heavy (non-hydrogen) atoms. The first-order valence-electron chi connectivity index (χ1n) is 9.59. The van der Waals surface area contributed by atoms with E-state index in [1.54, 1.807) is 6.92 Å². The van der Waals surface area contributed by atoms with E-state index in [9.17, 15) is 9.59 Å². The molecular formula is C20H26N4O3. The van der Waals surface area contributed by atoms with E-state index >= 15 is 0 Å². The molecule has 7 heteroatoms. The number of nitrogens with zero attached hydrogens (tertiary/aromatic N) is 3. The number of nitrogens with one attached hydrogen (secondary N) is 1. The molecule has 0 spiro atoms. The van der Waals surface area contributed by atoms with Crippen molar-refractivity contribution in [2.75, 3.05) is 6.61 Å². The van der Waals surface area contributed by atoms with Gasteiger partial charge in [0.25, 0.3) is 5.91 Å². The van der Waals surface area contributed by atoms with Gasteiger partial charge in [-0.15, -0.1) is 5.10 Å². The van der Waals surface area contributed by atoms with Gasteiger partial charge in [-0.2, -0.15) is 9.90 Å². The van der Waals surface area contributed by atoms with Gasteiger partial charge in [-0.25, -0.2) is 4.79 Å². The van der Waals surface area contributed by atoms with E-state index in [0.717, 1.165) is 31.4 Å². The molecule has 0 radical (unpaired) electrons. The minimum Gasteiger partial charge on any atom is -0.451 e. The number of carbonyl (C=O) groups excluding carboxylic acids is 2. The zero-order valence-corrected chi connectivity index (χ0v) is 15.7. The van der Waals surface area contributed by atoms with Gasteiger partial charge in [0.1, 0.15) is 0 Å². The molecule has 1 saturated carbocycles. The third-order valence-corrected chi connectivity index (χ3v) is 4.77. The van der Waals surface area contributed by atoms with E-state index in [4.69, 9.17) is 4.74 Å². The number of hydrogen-bond acceptors (Lipinski definition) is 5. The third kappa shape index (κ3) is 5.39. The summed E-state index contributed by atoms with van der Waals surface area (Å²) in [5, 5.41) is 11.4. The Morgan fingerprint density at radius 3 is 2.44 bits per heavy atom. The van der Waals surface area contributed by atoms with Crippen LogP contribution in [0.4, 0.5) is 0 Å². The number of esters is 1. The van der Waals surface area contributed by atoms with E-state index < -0.39 is 5.97 Å². The van der Waals surface area contributed by atoms with Gasteiger partial charge < -0.3 is 10.1 Å². The lowest BCUT2D eigenvalue weighted by Crippen LogP contribution is -2.38. The van der Waals surface area contributed by atoms with Gasteiger partial charge in [-0.1, -0.05) is 50.3 Å². The summed E-state index contributed by atoms with van der Waals surface area (Å²) in [6.07, 6.45) is 7.96. The van der Waals surface area contributed by atoms with Gasteiger partial charge in [0.15, 0.2) is 12.3 Å². The van der Waals surface area contributed by atoms with Crippen molar-refractivity contribution in [3.05, 3.63) is 41.7 Å². The molecule has 1 aromatic heterocycles. The van der Waals surface area contributed by atoms with Crippen LogP contribution < -0.4 is 5.32 Å². The van der Waals surface area contributed by atoms with E-state index in [2.05, 4.69) is 15.5 Å². The van der Waals surface area contributed by atoms with Crippen LogP contribution in [0.25, 0.3) is 5.69 Å². The zero-order chi connectivity index (χ0) is 19.1. The maximum atomic E-state index is 12.3. The minimum absolute atomic E-state index is 0.123. The molecule has 0 aliphatic heterocycles. The Morgan fingerprint density at radius 2 is 1.74 bits per heavy atom. The average Bonchev–Trinajstić information content (AvgIpc) is 3.04. The summed E-state index contributed by atoms with van der Waals surface area (Å²) in [7, 11) is 0. The molecule has 1 amide bonds. The highest BCUT2D eigenvalue weighted by molar-refractivity contribution is 5.90. The minimum atomic E-state index is -0.637. The number of ether oxygens (including phenoxy) is 1. The number of amides is 1. The van der Waals surface area contributed by atoms with Gasteiger partial charge in [0, 0.05) is 6.04 Å². The Bertz CT molecular complexity index is 765. The number of carbonyl (C=O) groups is 2. The Morgan fingerprint density at radius 1 is 1.07 bits per heavy atom. The van der Waals surface area contributed by atoms with E-state index in [1.807, 2.05) is 30.3 Å². The second-order valence-electron chi connectivity index (χ2n) is 6.94. The molecule has 1 aliphatic rings. The molecule has 1 aromatic carbocycles. The van der Waals surface area contributed by atoms with Crippen LogP contribution in [0, 0.1) is 6.92 Å². The lowest BCUT2D eigenvalue weighted by Gasteiger charge is -2.20. The lowest BCUT2D eigenvalue weighted by molar-refractivity contribution is -0.125. The fraction of sp³-hybridized carbons (Fsp3) is 0.500. The number of benzene rings is 1. The van der Waals surface area contributed by atoms with Gasteiger partial charge in [-0.3, -0.25) is 4.79 Å². The highest BCUT2D eigenvalue weighted by Gasteiger charge is 2.20. The van der Waals surface area contributed by atoms with Crippen LogP contribution in [-0.2, 0) is 9.53 Å². The van der Waals surface area contributed by atoms with Crippen molar-refractivity contribution in [3.63, 3.8) is 0 Å². The molecule has 0 saturated heterocycles. The first kappa shape index (κ1) is 19.1. The Labute approximate surface area is 159 Å². The summed E-state index contributed by atoms with van der Waals surface area (Å²) < 4.78 is 5.15. The van der Waals surface area contributed by atoms with Crippen LogP contribution >= 0.6 is 0 Å². The Kier molecular flexibility index (Phi) is 6.57. The fourth-order valence-corrected chi connectivity index (χ4v) is 3.31. The zero-order valence-electron chi connectivity index (χ0n) is 15.7. The largest absolute Gasteiger partial charge is 0.451 e. The molecular weight excluding hydrogens is 344 g/mol. The lowest BCUT2D eigenvalue weighted by atomic mass is 9.97. The van der Waals surface area contributed by atoms with Crippen LogP contribution in [0.2, 0.25) is 0 Å². The SMILES string of the molecule is Cc1nn(-c2ccccc2)nc1C(=O)OCC(=O)NC1CCCCCCC1. The monoisotopic (exact) mass is 370 g/mol. The van der Waals surface area contributed by atoms with Crippen molar-refractivity contribution in [2.45, 2.75) is 57.9 Å². The van der Waals surface area contributed by atoms with E-state index in [-0.39, 0.29) is 24.2 Å². The Hall–Kier alpha value is -2.70. The second kappa shape index (κ2) is 9.30. The van der Waals surface area contributed by atoms with Gasteiger partial charge >= 0.3 is 5.97 Å². The molecule has 1 aliphatic carbocycles. The molecule has 0 bridgehead atoms. The molecule has 1 heterocycles. The summed E-state index contributed by atoms with van der Waals surface area (Å²) >= 11 is 0.